The van der Waals surface area contributed by atoms with E-state index >= 15 is 0 Å². The Labute approximate surface area is 214 Å². The summed E-state index contributed by atoms with van der Waals surface area (Å²) in [6.45, 7) is 12.2. The van der Waals surface area contributed by atoms with Crippen LogP contribution in [0.25, 0.3) is 0 Å². The first kappa shape index (κ1) is 27.6. The van der Waals surface area contributed by atoms with Gasteiger partial charge in [0.1, 0.15) is 13.7 Å². The molecular weight excluding hydrogens is 470 g/mol. The fourth-order valence-electron chi connectivity index (χ4n) is 2.58. The number of carbonyl (C=O) groups is 2. The first-order chi connectivity index (χ1) is 16.4. The third-order valence-electron chi connectivity index (χ3n) is 4.13. The molecule has 0 atom stereocenters. The van der Waals surface area contributed by atoms with Gasteiger partial charge in [0.2, 0.25) is 5.78 Å². The van der Waals surface area contributed by atoms with Crippen molar-refractivity contribution in [2.45, 2.75) is 52.6 Å². The molecule has 2 rings (SSSR count). The average molecular weight is 500 g/mol. The highest BCUT2D eigenvalue weighted by Gasteiger charge is 2.20. The Morgan fingerprint density at radius 3 is 2.29 bits per heavy atom. The van der Waals surface area contributed by atoms with E-state index in [-0.39, 0.29) is 5.78 Å². The van der Waals surface area contributed by atoms with Gasteiger partial charge in [-0.3, -0.25) is 4.79 Å². The summed E-state index contributed by atoms with van der Waals surface area (Å²) in [5.74, 6) is 19.4. The van der Waals surface area contributed by atoms with Gasteiger partial charge in [-0.15, -0.1) is 16.9 Å². The zero-order valence-corrected chi connectivity index (χ0v) is 23.1. The van der Waals surface area contributed by atoms with E-state index in [9.17, 15) is 9.59 Å². The van der Waals surface area contributed by atoms with Crippen molar-refractivity contribution in [2.75, 3.05) is 7.05 Å². The highest BCUT2D eigenvalue weighted by Crippen LogP contribution is 2.16. The number of thiophene rings is 1. The lowest BCUT2D eigenvalue weighted by Gasteiger charge is -2.25. The van der Waals surface area contributed by atoms with Crippen LogP contribution in [0.2, 0.25) is 19.6 Å². The van der Waals surface area contributed by atoms with Crippen molar-refractivity contribution in [1.29, 1.82) is 0 Å². The van der Waals surface area contributed by atoms with Crippen LogP contribution in [0.1, 0.15) is 47.1 Å². The van der Waals surface area contributed by atoms with Crippen LogP contribution >= 0.6 is 11.3 Å². The molecule has 0 N–H and O–H groups in total. The van der Waals surface area contributed by atoms with Crippen molar-refractivity contribution in [1.82, 2.24) is 4.90 Å². The molecule has 0 aliphatic heterocycles. The van der Waals surface area contributed by atoms with Gasteiger partial charge in [-0.2, -0.15) is 0 Å². The van der Waals surface area contributed by atoms with Gasteiger partial charge in [-0.1, -0.05) is 49.7 Å². The van der Waals surface area contributed by atoms with E-state index in [1.165, 1.54) is 16.2 Å². The number of carbonyl (C=O) groups excluding carboxylic acids is 2. The summed E-state index contributed by atoms with van der Waals surface area (Å²) in [5, 5.41) is 1.81. The molecule has 178 valence electrons. The Morgan fingerprint density at radius 1 is 0.971 bits per heavy atom. The summed E-state index contributed by atoms with van der Waals surface area (Å²) in [6.07, 6.45) is -0.399. The fraction of sp³-hybridized carbons (Fsp3) is 0.310. The zero-order chi connectivity index (χ0) is 26.1. The normalized spacial score (nSPS) is 10.1. The van der Waals surface area contributed by atoms with Gasteiger partial charge in [0.05, 0.1) is 4.88 Å². The smallest absolute Gasteiger partial charge is 0.410 e. The number of hydrogen-bond donors (Lipinski definition) is 0. The average Bonchev–Trinajstić information content (AvgIpc) is 3.22. The number of amides is 1. The van der Waals surface area contributed by atoms with E-state index in [0.29, 0.717) is 17.0 Å². The maximum atomic E-state index is 12.4. The van der Waals surface area contributed by atoms with Crippen LogP contribution in [0.5, 0.6) is 0 Å². The Hall–Kier alpha value is -3.68. The number of benzene rings is 1. The molecule has 0 aliphatic carbocycles. The van der Waals surface area contributed by atoms with Gasteiger partial charge in [-0.25, -0.2) is 4.79 Å². The number of nitrogens with zero attached hydrogens (tertiary/aromatic N) is 1. The lowest BCUT2D eigenvalue weighted by atomic mass is 10.1. The van der Waals surface area contributed by atoms with E-state index in [1.807, 2.05) is 50.4 Å². The molecule has 0 spiro atoms. The summed E-state index contributed by atoms with van der Waals surface area (Å²) < 4.78 is 5.41. The molecule has 0 aliphatic rings. The molecule has 0 bridgehead atoms. The molecule has 1 amide bonds. The number of Topliss-reactive ketones (excluding diaryl/α,β-unsaturated/α-hetero) is 1. The van der Waals surface area contributed by atoms with E-state index < -0.39 is 19.8 Å². The molecule has 0 unspecified atom stereocenters. The first-order valence-corrected chi connectivity index (χ1v) is 15.4. The van der Waals surface area contributed by atoms with Crippen LogP contribution in [0.15, 0.2) is 35.7 Å². The third kappa shape index (κ3) is 10.00. The molecule has 0 saturated heterocycles. The van der Waals surface area contributed by atoms with Crippen molar-refractivity contribution in [3.05, 3.63) is 57.3 Å². The van der Waals surface area contributed by atoms with Gasteiger partial charge in [-0.05, 0) is 73.4 Å². The third-order valence-corrected chi connectivity index (χ3v) is 5.92. The van der Waals surface area contributed by atoms with Crippen molar-refractivity contribution >= 4 is 31.3 Å². The van der Waals surface area contributed by atoms with Gasteiger partial charge >= 0.3 is 6.09 Å². The molecule has 1 aromatic carbocycles. The molecule has 0 radical (unpaired) electrons. The van der Waals surface area contributed by atoms with E-state index in [1.54, 1.807) is 13.1 Å². The van der Waals surface area contributed by atoms with Crippen LogP contribution in [0.3, 0.4) is 0 Å². The summed E-state index contributed by atoms with van der Waals surface area (Å²) in [4.78, 5) is 26.7. The predicted molar refractivity (Wildman–Crippen MR) is 145 cm³/mol. The summed E-state index contributed by atoms with van der Waals surface area (Å²) in [5.41, 5.74) is 4.81. The number of rotatable bonds is 3. The molecule has 35 heavy (non-hydrogen) atoms. The van der Waals surface area contributed by atoms with Crippen LogP contribution in [-0.4, -0.2) is 37.5 Å². The zero-order valence-electron chi connectivity index (χ0n) is 21.3. The van der Waals surface area contributed by atoms with E-state index in [0.717, 1.165) is 11.1 Å². The van der Waals surface area contributed by atoms with Crippen molar-refractivity contribution in [3.63, 3.8) is 0 Å². The Morgan fingerprint density at radius 2 is 1.63 bits per heavy atom. The second-order valence-electron chi connectivity index (χ2n) is 9.74. The maximum absolute atomic E-state index is 12.4. The highest BCUT2D eigenvalue weighted by molar-refractivity contribution is 7.12. The molecule has 6 heteroatoms. The predicted octanol–water partition coefficient (Wildman–Crippen LogP) is 5.59. The summed E-state index contributed by atoms with van der Waals surface area (Å²) in [7, 11) is 0.167. The van der Waals surface area contributed by atoms with Crippen LogP contribution < -0.4 is 0 Å². The standard InChI is InChI=1S/C29H29NO3SSi/c1-29(2,3)33-28(32)30(4)22-25-17-11-9-15-23(25)14-8-10-16-24-19-20-34-27(24)26(31)18-12-13-21-35(5,6)7/h9,11,15,17,19-20H,22H2,1-7H3. The Kier molecular flexibility index (Phi) is 9.56. The van der Waals surface area contributed by atoms with Crippen molar-refractivity contribution in [2.24, 2.45) is 0 Å². The second kappa shape index (κ2) is 12.1. The van der Waals surface area contributed by atoms with Gasteiger partial charge in [0, 0.05) is 24.7 Å². The SMILES string of the molecule is CN(Cc1ccccc1C#CC#Cc1ccsc1C(=O)C#CC#C[Si](C)(C)C)C(=O)OC(C)(C)C. The topological polar surface area (TPSA) is 46.6 Å². The fourth-order valence-corrected chi connectivity index (χ4v) is 3.77. The number of ketones is 1. The van der Waals surface area contributed by atoms with Gasteiger partial charge < -0.3 is 9.64 Å². The number of ether oxygens (including phenoxy) is 1. The molecule has 1 aromatic heterocycles. The van der Waals surface area contributed by atoms with Crippen molar-refractivity contribution in [3.8, 4) is 47.0 Å². The summed E-state index contributed by atoms with van der Waals surface area (Å²) >= 11 is 1.30. The minimum Gasteiger partial charge on any atom is -0.444 e. The largest absolute Gasteiger partial charge is 0.444 e. The van der Waals surface area contributed by atoms with Gasteiger partial charge in [0.25, 0.3) is 0 Å². The molecule has 0 fully saturated rings. The molecule has 2 aromatic rings. The highest BCUT2D eigenvalue weighted by atomic mass is 32.1. The quantitative estimate of drug-likeness (QED) is 0.240. The number of hydrogen-bond acceptors (Lipinski definition) is 4. The minimum absolute atomic E-state index is 0.294. The lowest BCUT2D eigenvalue weighted by molar-refractivity contribution is 0.0285. The van der Waals surface area contributed by atoms with Gasteiger partial charge in [0.15, 0.2) is 0 Å². The van der Waals surface area contributed by atoms with Crippen molar-refractivity contribution < 1.29 is 14.3 Å². The molecule has 1 heterocycles. The lowest BCUT2D eigenvalue weighted by Crippen LogP contribution is -2.33. The second-order valence-corrected chi connectivity index (χ2v) is 15.4. The monoisotopic (exact) mass is 499 g/mol. The van der Waals surface area contributed by atoms with E-state index in [2.05, 4.69) is 66.6 Å². The van der Waals surface area contributed by atoms with Crippen LogP contribution in [0.4, 0.5) is 4.79 Å². The summed E-state index contributed by atoms with van der Waals surface area (Å²) in [6, 6.07) is 9.36. The first-order valence-electron chi connectivity index (χ1n) is 11.0. The molecular formula is C29H29NO3SSi. The maximum Gasteiger partial charge on any atom is 0.410 e. The Bertz CT molecular complexity index is 1340. The van der Waals surface area contributed by atoms with E-state index in [4.69, 9.17) is 4.74 Å². The Balaban J connectivity index is 2.15. The van der Waals surface area contributed by atoms with Crippen LogP contribution in [-0.2, 0) is 11.3 Å². The van der Waals surface area contributed by atoms with Crippen LogP contribution in [0, 0.1) is 47.0 Å². The minimum atomic E-state index is -1.52. The molecule has 0 saturated carbocycles. The molecule has 4 nitrogen and oxygen atoms in total.